The quantitative estimate of drug-likeness (QED) is 0.194. The number of halogens is 6. The van der Waals surface area contributed by atoms with E-state index in [0.29, 0.717) is 12.1 Å². The second kappa shape index (κ2) is 7.15. The molecular weight excluding hydrogens is 518 g/mol. The van der Waals surface area contributed by atoms with E-state index in [9.17, 15) is 45.5 Å². The molecule has 0 aliphatic carbocycles. The number of alkyl halides is 6. The molecule has 3 aliphatic rings. The highest BCUT2D eigenvalue weighted by Gasteiger charge is 2.75. The molecule has 2 aromatic carbocycles. The minimum atomic E-state index is -6.16. The van der Waals surface area contributed by atoms with Crippen molar-refractivity contribution >= 4 is 24.6 Å². The van der Waals surface area contributed by atoms with Gasteiger partial charge in [0.2, 0.25) is 5.41 Å². The monoisotopic (exact) mass is 522 g/mol. The van der Waals surface area contributed by atoms with E-state index in [1.54, 1.807) is 0 Å². The van der Waals surface area contributed by atoms with E-state index < -0.39 is 88.0 Å². The predicted octanol–water partition coefficient (Wildman–Crippen LogP) is 5.26. The first kappa shape index (κ1) is 23.1. The first-order valence-electron chi connectivity index (χ1n) is 9.12. The van der Waals surface area contributed by atoms with Gasteiger partial charge < -0.3 is 33.2 Å². The van der Waals surface area contributed by atoms with Gasteiger partial charge in [0.15, 0.2) is 23.0 Å². The van der Waals surface area contributed by atoms with Gasteiger partial charge in [-0.1, -0.05) is 0 Å². The zero-order valence-electron chi connectivity index (χ0n) is 16.6. The third-order valence-electron chi connectivity index (χ3n) is 5.08. The fraction of sp³-hybridized carbons (Fsp3) is 0.158. The van der Waals surface area contributed by atoms with Crippen LogP contribution < -0.4 is 23.7 Å². The van der Waals surface area contributed by atoms with E-state index >= 15 is 0 Å². The minimum Gasteiger partial charge on any atom is -0.456 e. The first-order chi connectivity index (χ1) is 16.7. The number of hydrogen-bond donors (Lipinski definition) is 0. The summed E-state index contributed by atoms with van der Waals surface area (Å²) in [6.45, 7) is 0. The molecule has 3 aliphatic heterocycles. The largest absolute Gasteiger partial charge is 0.524 e. The highest BCUT2D eigenvalue weighted by atomic mass is 19.4. The van der Waals surface area contributed by atoms with Crippen molar-refractivity contribution in [3.63, 3.8) is 0 Å². The first-order valence-corrected chi connectivity index (χ1v) is 9.12. The van der Waals surface area contributed by atoms with Gasteiger partial charge in [0.25, 0.3) is 0 Å². The van der Waals surface area contributed by atoms with Crippen LogP contribution in [-0.2, 0) is 14.9 Å². The van der Waals surface area contributed by atoms with Gasteiger partial charge in [-0.3, -0.25) is 0 Å². The average molecular weight is 522 g/mol. The van der Waals surface area contributed by atoms with Crippen LogP contribution in [0, 0.1) is 0 Å². The Morgan fingerprint density at radius 2 is 0.750 bits per heavy atom. The molecule has 0 spiro atoms. The zero-order valence-corrected chi connectivity index (χ0v) is 16.6. The molecule has 0 saturated heterocycles. The van der Waals surface area contributed by atoms with Gasteiger partial charge in [-0.15, -0.1) is 0 Å². The second-order valence-corrected chi connectivity index (χ2v) is 7.05. The minimum absolute atomic E-state index is 0.134. The predicted molar refractivity (Wildman–Crippen MR) is 92.1 cm³/mol. The van der Waals surface area contributed by atoms with Crippen molar-refractivity contribution in [1.82, 2.24) is 0 Å². The van der Waals surface area contributed by atoms with Crippen molar-refractivity contribution in [1.29, 1.82) is 0 Å². The lowest BCUT2D eigenvalue weighted by atomic mass is 9.70. The fourth-order valence-electron chi connectivity index (χ4n) is 3.77. The molecule has 5 rings (SSSR count). The number of rotatable bonds is 0. The number of cyclic esters (lactones) is 4. The van der Waals surface area contributed by atoms with Crippen molar-refractivity contribution in [2.75, 3.05) is 0 Å². The number of fused-ring (bicyclic) bond motifs is 4. The molecule has 3 heterocycles. The maximum Gasteiger partial charge on any atom is 0.524 e. The van der Waals surface area contributed by atoms with Crippen molar-refractivity contribution < 1.29 is 78.7 Å². The van der Waals surface area contributed by atoms with Crippen LogP contribution in [0.25, 0.3) is 0 Å². The summed E-state index contributed by atoms with van der Waals surface area (Å²) in [4.78, 5) is 46.0. The third kappa shape index (κ3) is 3.23. The van der Waals surface area contributed by atoms with Crippen LogP contribution in [0.3, 0.4) is 0 Å². The Morgan fingerprint density at radius 3 is 1.06 bits per heavy atom. The lowest BCUT2D eigenvalue weighted by molar-refractivity contribution is -0.290. The Morgan fingerprint density at radius 1 is 0.444 bits per heavy atom. The number of hydrogen-bond acceptors (Lipinski definition) is 11. The van der Waals surface area contributed by atoms with E-state index in [-0.39, 0.29) is 12.1 Å². The lowest BCUT2D eigenvalue weighted by Gasteiger charge is -2.42. The molecule has 0 saturated carbocycles. The molecule has 0 unspecified atom stereocenters. The molecule has 11 nitrogen and oxygen atoms in total. The molecule has 0 atom stereocenters. The Balaban J connectivity index is 1.84. The van der Waals surface area contributed by atoms with Gasteiger partial charge in [0.05, 0.1) is 0 Å². The van der Waals surface area contributed by atoms with E-state index in [0.717, 1.165) is 0 Å². The summed E-state index contributed by atoms with van der Waals surface area (Å²) in [5.74, 6) is -5.94. The molecule has 2 aromatic rings. The Kier molecular flexibility index (Phi) is 4.58. The highest BCUT2D eigenvalue weighted by Crippen LogP contribution is 2.65. The fourth-order valence-corrected chi connectivity index (χ4v) is 3.77. The van der Waals surface area contributed by atoms with Crippen molar-refractivity contribution in [3.05, 3.63) is 35.4 Å². The van der Waals surface area contributed by atoms with Gasteiger partial charge in [0, 0.05) is 23.3 Å². The van der Waals surface area contributed by atoms with Gasteiger partial charge in [-0.05, 0) is 12.1 Å². The average Bonchev–Trinajstić information content (AvgIpc) is 2.93. The Hall–Kier alpha value is -4.70. The van der Waals surface area contributed by atoms with E-state index in [1.807, 2.05) is 0 Å². The SMILES string of the molecule is O=C1OC(=O)Oc2cc3c(cc2O1)Oc1cc2c(cc1C3(C(F)(F)F)C(F)(F)F)OC(=O)OC(=O)O2. The number of carbonyl (C=O) groups is 4. The van der Waals surface area contributed by atoms with Crippen molar-refractivity contribution in [2.24, 2.45) is 0 Å². The normalized spacial score (nSPS) is 18.1. The van der Waals surface area contributed by atoms with Gasteiger partial charge in [0.1, 0.15) is 11.5 Å². The topological polar surface area (TPSA) is 133 Å². The smallest absolute Gasteiger partial charge is 0.456 e. The second-order valence-electron chi connectivity index (χ2n) is 7.05. The standard InChI is InChI=1S/C19H4F6O11/c20-18(21,22)17(19(23,24)25)5-1-9-11(33-15(28)35-13(26)31-9)3-7(5)30-8-4-12-10(2-6(8)17)32-14(27)36-16(29)34-12/h1-4H. The number of ether oxygens (including phenoxy) is 7. The van der Waals surface area contributed by atoms with Gasteiger partial charge in [-0.2, -0.15) is 26.3 Å². The van der Waals surface area contributed by atoms with Gasteiger partial charge >= 0.3 is 37.0 Å². The molecule has 0 fully saturated rings. The summed E-state index contributed by atoms with van der Waals surface area (Å²) in [5, 5.41) is 0. The summed E-state index contributed by atoms with van der Waals surface area (Å²) in [6.07, 6.45) is -19.3. The van der Waals surface area contributed by atoms with Crippen LogP contribution >= 0.6 is 0 Å². The number of benzene rings is 2. The van der Waals surface area contributed by atoms with Crippen LogP contribution in [0.2, 0.25) is 0 Å². The van der Waals surface area contributed by atoms with Gasteiger partial charge in [-0.25, -0.2) is 19.2 Å². The molecule has 0 aromatic heterocycles. The summed E-state index contributed by atoms with van der Waals surface area (Å²) in [7, 11) is 0. The highest BCUT2D eigenvalue weighted by molar-refractivity contribution is 5.84. The Bertz CT molecular complexity index is 1270. The summed E-state index contributed by atoms with van der Waals surface area (Å²) < 4.78 is 119. The van der Waals surface area contributed by atoms with Crippen molar-refractivity contribution in [3.8, 4) is 34.5 Å². The van der Waals surface area contributed by atoms with E-state index in [1.165, 1.54) is 0 Å². The van der Waals surface area contributed by atoms with E-state index in [4.69, 9.17) is 4.74 Å². The van der Waals surface area contributed by atoms with Crippen LogP contribution in [0.15, 0.2) is 24.3 Å². The van der Waals surface area contributed by atoms with Crippen LogP contribution in [0.5, 0.6) is 34.5 Å². The van der Waals surface area contributed by atoms with Crippen molar-refractivity contribution in [2.45, 2.75) is 17.8 Å². The lowest BCUT2D eigenvalue weighted by Crippen LogP contribution is -2.56. The van der Waals surface area contributed by atoms with Crippen LogP contribution in [0.1, 0.15) is 11.1 Å². The maximum atomic E-state index is 14.5. The molecule has 188 valence electrons. The van der Waals surface area contributed by atoms with Crippen LogP contribution in [0.4, 0.5) is 45.5 Å². The third-order valence-corrected chi connectivity index (χ3v) is 5.08. The van der Waals surface area contributed by atoms with E-state index in [2.05, 4.69) is 28.4 Å². The molecule has 0 amide bonds. The number of carbonyl (C=O) groups excluding carboxylic acids is 4. The summed E-state index contributed by atoms with van der Waals surface area (Å²) >= 11 is 0. The molecule has 0 radical (unpaired) electrons. The molecule has 0 N–H and O–H groups in total. The van der Waals surface area contributed by atoms with Crippen LogP contribution in [-0.4, -0.2) is 37.0 Å². The molecular formula is C19H4F6O11. The molecule has 0 bridgehead atoms. The molecule has 17 heteroatoms. The molecule has 36 heavy (non-hydrogen) atoms. The Labute approximate surface area is 191 Å². The maximum absolute atomic E-state index is 14.5. The summed E-state index contributed by atoms with van der Waals surface area (Å²) in [5.41, 5.74) is -8.15. The zero-order chi connectivity index (χ0) is 26.2. The summed E-state index contributed by atoms with van der Waals surface area (Å²) in [6, 6.07) is 1.13.